The summed E-state index contributed by atoms with van der Waals surface area (Å²) in [4.78, 5) is 14.1. The molecule has 2 rings (SSSR count). The molecule has 0 aromatic heterocycles. The number of carbonyl (C=O) groups excluding carboxylic acids is 1. The summed E-state index contributed by atoms with van der Waals surface area (Å²) in [5.74, 6) is 0.00957. The van der Waals surface area contributed by atoms with Crippen LogP contribution in [0.25, 0.3) is 0 Å². The Labute approximate surface area is 120 Å². The van der Waals surface area contributed by atoms with Crippen LogP contribution in [0.2, 0.25) is 0 Å². The van der Waals surface area contributed by atoms with Crippen LogP contribution in [0.3, 0.4) is 0 Å². The number of fused-ring (bicyclic) bond motifs is 1. The number of carbonyl (C=O) groups is 1. The molecule has 4 heteroatoms. The van der Waals surface area contributed by atoms with Crippen molar-refractivity contribution in [1.29, 1.82) is 0 Å². The topological polar surface area (TPSA) is 52.6 Å². The van der Waals surface area contributed by atoms with Crippen molar-refractivity contribution < 1.29 is 9.90 Å². The first-order chi connectivity index (χ1) is 9.40. The van der Waals surface area contributed by atoms with Gasteiger partial charge in [0.15, 0.2) is 0 Å². The number of amides is 1. The number of rotatable bonds is 3. The Morgan fingerprint density at radius 1 is 1.40 bits per heavy atom. The molecule has 0 aliphatic carbocycles. The largest absolute Gasteiger partial charge is 0.394 e. The molecule has 1 aromatic rings. The number of benzene rings is 1. The van der Waals surface area contributed by atoms with Gasteiger partial charge >= 0.3 is 0 Å². The Bertz CT molecular complexity index is 480. The van der Waals surface area contributed by atoms with Crippen LogP contribution in [0.5, 0.6) is 0 Å². The lowest BCUT2D eigenvalue weighted by Crippen LogP contribution is -2.48. The van der Waals surface area contributed by atoms with E-state index in [1.807, 2.05) is 39.0 Å². The van der Waals surface area contributed by atoms with Crippen molar-refractivity contribution in [2.45, 2.75) is 38.8 Å². The van der Waals surface area contributed by atoms with E-state index >= 15 is 0 Å². The highest BCUT2D eigenvalue weighted by Gasteiger charge is 2.28. The van der Waals surface area contributed by atoms with Crippen molar-refractivity contribution >= 4 is 5.91 Å². The van der Waals surface area contributed by atoms with Crippen molar-refractivity contribution in [3.05, 3.63) is 35.4 Å². The normalized spacial score (nSPS) is 19.5. The Kier molecular flexibility index (Phi) is 4.45. The van der Waals surface area contributed by atoms with Crippen LogP contribution >= 0.6 is 0 Å². The Morgan fingerprint density at radius 3 is 2.75 bits per heavy atom. The van der Waals surface area contributed by atoms with Gasteiger partial charge in [0.05, 0.1) is 19.2 Å². The first-order valence-corrected chi connectivity index (χ1v) is 7.14. The number of aliphatic hydroxyl groups is 1. The maximum atomic E-state index is 12.1. The lowest BCUT2D eigenvalue weighted by Gasteiger charge is -2.36. The summed E-state index contributed by atoms with van der Waals surface area (Å²) in [7, 11) is 0. The van der Waals surface area contributed by atoms with Crippen LogP contribution in [0.1, 0.15) is 37.9 Å². The van der Waals surface area contributed by atoms with Gasteiger partial charge in [0, 0.05) is 12.1 Å². The molecule has 1 aromatic carbocycles. The van der Waals surface area contributed by atoms with Crippen molar-refractivity contribution in [3.8, 4) is 0 Å². The van der Waals surface area contributed by atoms with Gasteiger partial charge in [0.2, 0.25) is 5.91 Å². The Balaban J connectivity index is 2.08. The molecule has 1 atom stereocenters. The molecule has 0 saturated heterocycles. The molecule has 1 aliphatic heterocycles. The molecule has 1 amide bonds. The van der Waals surface area contributed by atoms with Gasteiger partial charge in [-0.1, -0.05) is 24.3 Å². The average molecular weight is 276 g/mol. The van der Waals surface area contributed by atoms with Crippen molar-refractivity contribution in [1.82, 2.24) is 10.2 Å². The second kappa shape index (κ2) is 5.94. The van der Waals surface area contributed by atoms with Crippen LogP contribution in [-0.2, 0) is 11.2 Å². The maximum absolute atomic E-state index is 12.1. The minimum absolute atomic E-state index is 0.00957. The molecule has 110 valence electrons. The SMILES string of the molecule is CC(C)(C)NC(=O)CN1CCc2ccccc2C1CO. The van der Waals surface area contributed by atoms with Gasteiger partial charge in [0.1, 0.15) is 0 Å². The van der Waals surface area contributed by atoms with Gasteiger partial charge in [0.25, 0.3) is 0 Å². The minimum atomic E-state index is -0.223. The highest BCUT2D eigenvalue weighted by molar-refractivity contribution is 5.78. The van der Waals surface area contributed by atoms with Gasteiger partial charge < -0.3 is 10.4 Å². The fraction of sp³-hybridized carbons (Fsp3) is 0.562. The van der Waals surface area contributed by atoms with Crippen LogP contribution in [0.15, 0.2) is 24.3 Å². The molecule has 0 fully saturated rings. The van der Waals surface area contributed by atoms with Crippen molar-refractivity contribution in [2.24, 2.45) is 0 Å². The number of nitrogens with one attached hydrogen (secondary N) is 1. The summed E-state index contributed by atoms with van der Waals surface area (Å²) in [5.41, 5.74) is 2.20. The summed E-state index contributed by atoms with van der Waals surface area (Å²) in [6, 6.07) is 8.08. The van der Waals surface area contributed by atoms with E-state index in [1.165, 1.54) is 5.56 Å². The van der Waals surface area contributed by atoms with Gasteiger partial charge in [-0.15, -0.1) is 0 Å². The van der Waals surface area contributed by atoms with Gasteiger partial charge in [-0.25, -0.2) is 0 Å². The number of aliphatic hydroxyl groups excluding tert-OH is 1. The molecular weight excluding hydrogens is 252 g/mol. The Hall–Kier alpha value is -1.39. The Morgan fingerprint density at radius 2 is 2.10 bits per heavy atom. The molecule has 0 radical (unpaired) electrons. The van der Waals surface area contributed by atoms with E-state index in [2.05, 4.69) is 16.3 Å². The maximum Gasteiger partial charge on any atom is 0.234 e. The second-order valence-electron chi connectivity index (χ2n) is 6.42. The molecule has 1 unspecified atom stereocenters. The predicted octanol–water partition coefficient (Wildman–Crippen LogP) is 1.49. The van der Waals surface area contributed by atoms with Crippen LogP contribution in [-0.4, -0.2) is 41.1 Å². The van der Waals surface area contributed by atoms with Crippen LogP contribution < -0.4 is 5.32 Å². The van der Waals surface area contributed by atoms with E-state index < -0.39 is 0 Å². The minimum Gasteiger partial charge on any atom is -0.394 e. The first-order valence-electron chi connectivity index (χ1n) is 7.14. The van der Waals surface area contributed by atoms with Crippen molar-refractivity contribution in [2.75, 3.05) is 19.7 Å². The highest BCUT2D eigenvalue weighted by Crippen LogP contribution is 2.28. The van der Waals surface area contributed by atoms with E-state index in [9.17, 15) is 9.90 Å². The fourth-order valence-electron chi connectivity index (χ4n) is 2.75. The average Bonchev–Trinajstić information content (AvgIpc) is 2.36. The van der Waals surface area contributed by atoms with E-state index in [0.29, 0.717) is 6.54 Å². The summed E-state index contributed by atoms with van der Waals surface area (Å²) in [6.45, 7) is 7.09. The van der Waals surface area contributed by atoms with Gasteiger partial charge in [-0.3, -0.25) is 9.69 Å². The smallest absolute Gasteiger partial charge is 0.234 e. The monoisotopic (exact) mass is 276 g/mol. The van der Waals surface area contributed by atoms with Crippen molar-refractivity contribution in [3.63, 3.8) is 0 Å². The number of hydrogen-bond donors (Lipinski definition) is 2. The molecule has 4 nitrogen and oxygen atoms in total. The van der Waals surface area contributed by atoms with E-state index in [0.717, 1.165) is 18.5 Å². The quantitative estimate of drug-likeness (QED) is 0.879. The zero-order valence-electron chi connectivity index (χ0n) is 12.5. The molecular formula is C16H24N2O2. The first kappa shape index (κ1) is 15.0. The summed E-state index contributed by atoms with van der Waals surface area (Å²) < 4.78 is 0. The predicted molar refractivity (Wildman–Crippen MR) is 79.4 cm³/mol. The summed E-state index contributed by atoms with van der Waals surface area (Å²) in [6.07, 6.45) is 0.926. The van der Waals surface area contributed by atoms with E-state index in [1.54, 1.807) is 0 Å². The van der Waals surface area contributed by atoms with Gasteiger partial charge in [-0.2, -0.15) is 0 Å². The summed E-state index contributed by atoms with van der Waals surface area (Å²) in [5, 5.41) is 12.7. The molecule has 20 heavy (non-hydrogen) atoms. The second-order valence-corrected chi connectivity index (χ2v) is 6.42. The van der Waals surface area contributed by atoms with E-state index in [-0.39, 0.29) is 24.1 Å². The molecule has 1 aliphatic rings. The standard InChI is InChI=1S/C16H24N2O2/c1-16(2,3)17-15(20)10-18-9-8-12-6-4-5-7-13(12)14(18)11-19/h4-7,14,19H,8-11H2,1-3H3,(H,17,20). The fourth-order valence-corrected chi connectivity index (χ4v) is 2.75. The molecule has 0 saturated carbocycles. The number of hydrogen-bond acceptors (Lipinski definition) is 3. The lowest BCUT2D eigenvalue weighted by molar-refractivity contribution is -0.124. The molecule has 2 N–H and O–H groups in total. The van der Waals surface area contributed by atoms with Gasteiger partial charge in [-0.05, 0) is 38.3 Å². The van der Waals surface area contributed by atoms with Crippen LogP contribution in [0, 0.1) is 0 Å². The summed E-state index contributed by atoms with van der Waals surface area (Å²) >= 11 is 0. The third-order valence-corrected chi connectivity index (χ3v) is 3.56. The number of nitrogens with zero attached hydrogens (tertiary/aromatic N) is 1. The zero-order valence-corrected chi connectivity index (χ0v) is 12.5. The van der Waals surface area contributed by atoms with Crippen LogP contribution in [0.4, 0.5) is 0 Å². The third kappa shape index (κ3) is 3.58. The van der Waals surface area contributed by atoms with E-state index in [4.69, 9.17) is 0 Å². The molecule has 0 spiro atoms. The molecule has 0 bridgehead atoms. The third-order valence-electron chi connectivity index (χ3n) is 3.56. The lowest BCUT2D eigenvalue weighted by atomic mass is 9.93. The molecule has 1 heterocycles. The zero-order chi connectivity index (χ0) is 14.8. The highest BCUT2D eigenvalue weighted by atomic mass is 16.3.